The fraction of sp³-hybridized carbons (Fsp3) is 0.355. The minimum absolute atomic E-state index is 0.179. The molecule has 202 valence electrons. The first-order chi connectivity index (χ1) is 18.1. The van der Waals surface area contributed by atoms with Crippen LogP contribution in [0.2, 0.25) is 10.0 Å². The minimum atomic E-state index is -0.745. The van der Waals surface area contributed by atoms with Crippen LogP contribution in [0.1, 0.15) is 50.3 Å². The Kier molecular flexibility index (Phi) is 11.1. The molecule has 0 aromatic heterocycles. The smallest absolute Gasteiger partial charge is 0.261 e. The van der Waals surface area contributed by atoms with Crippen LogP contribution in [-0.2, 0) is 22.6 Å². The van der Waals surface area contributed by atoms with Gasteiger partial charge in [-0.15, -0.1) is 0 Å². The summed E-state index contributed by atoms with van der Waals surface area (Å²) in [5.41, 5.74) is 2.91. The molecule has 0 spiro atoms. The monoisotopic (exact) mass is 554 g/mol. The molecular weight excluding hydrogens is 519 g/mol. The van der Waals surface area contributed by atoms with Gasteiger partial charge in [0, 0.05) is 19.5 Å². The van der Waals surface area contributed by atoms with Crippen molar-refractivity contribution < 1.29 is 14.3 Å². The molecule has 0 aliphatic carbocycles. The Morgan fingerprint density at radius 1 is 0.868 bits per heavy atom. The molecule has 0 bridgehead atoms. The van der Waals surface area contributed by atoms with Crippen molar-refractivity contribution in [2.45, 2.75) is 52.6 Å². The van der Waals surface area contributed by atoms with E-state index in [9.17, 15) is 9.59 Å². The number of nitrogens with zero attached hydrogens (tertiary/aromatic N) is 1. The number of ether oxygens (including phenoxy) is 1. The summed E-state index contributed by atoms with van der Waals surface area (Å²) in [6, 6.07) is 21.9. The van der Waals surface area contributed by atoms with E-state index in [0.717, 1.165) is 11.1 Å². The summed E-state index contributed by atoms with van der Waals surface area (Å²) in [4.78, 5) is 28.7. The Balaban J connectivity index is 1.89. The SMILES string of the molecule is CC(C)CNC(=O)C(Cc1ccccc1)N(Cc1ccc(Cl)c(Cl)c1)C(=O)COc1ccc(C(C)C)cc1. The van der Waals surface area contributed by atoms with Crippen LogP contribution in [0, 0.1) is 5.92 Å². The van der Waals surface area contributed by atoms with E-state index >= 15 is 0 Å². The van der Waals surface area contributed by atoms with Gasteiger partial charge in [0.05, 0.1) is 10.0 Å². The van der Waals surface area contributed by atoms with Crippen LogP contribution in [0.25, 0.3) is 0 Å². The minimum Gasteiger partial charge on any atom is -0.484 e. The first-order valence-corrected chi connectivity index (χ1v) is 13.7. The van der Waals surface area contributed by atoms with Crippen LogP contribution < -0.4 is 10.1 Å². The molecule has 0 saturated heterocycles. The van der Waals surface area contributed by atoms with Gasteiger partial charge in [-0.25, -0.2) is 0 Å². The number of halogens is 2. The average Bonchev–Trinajstić information content (AvgIpc) is 2.90. The first-order valence-electron chi connectivity index (χ1n) is 12.9. The summed E-state index contributed by atoms with van der Waals surface area (Å²) in [6.45, 7) is 8.79. The molecule has 0 radical (unpaired) electrons. The van der Waals surface area contributed by atoms with Crippen LogP contribution in [0.15, 0.2) is 72.8 Å². The molecule has 3 aromatic carbocycles. The van der Waals surface area contributed by atoms with Gasteiger partial charge in [0.1, 0.15) is 11.8 Å². The second-order valence-electron chi connectivity index (χ2n) is 10.1. The molecule has 1 atom stereocenters. The van der Waals surface area contributed by atoms with Crippen molar-refractivity contribution in [3.05, 3.63) is 99.5 Å². The van der Waals surface area contributed by atoms with Crippen molar-refractivity contribution in [3.8, 4) is 5.75 Å². The van der Waals surface area contributed by atoms with E-state index in [0.29, 0.717) is 34.7 Å². The Morgan fingerprint density at radius 2 is 1.55 bits per heavy atom. The van der Waals surface area contributed by atoms with Crippen molar-refractivity contribution in [3.63, 3.8) is 0 Å². The summed E-state index contributed by atoms with van der Waals surface area (Å²) in [6.07, 6.45) is 0.362. The zero-order valence-electron chi connectivity index (χ0n) is 22.4. The second-order valence-corrected chi connectivity index (χ2v) is 10.9. The highest BCUT2D eigenvalue weighted by Gasteiger charge is 2.31. The molecule has 2 amide bonds. The molecule has 3 rings (SSSR count). The third-order valence-corrected chi connectivity index (χ3v) is 6.94. The normalized spacial score (nSPS) is 11.9. The van der Waals surface area contributed by atoms with E-state index in [1.165, 1.54) is 5.56 Å². The van der Waals surface area contributed by atoms with Gasteiger partial charge in [-0.3, -0.25) is 9.59 Å². The zero-order valence-corrected chi connectivity index (χ0v) is 23.9. The van der Waals surface area contributed by atoms with Crippen LogP contribution >= 0.6 is 23.2 Å². The summed E-state index contributed by atoms with van der Waals surface area (Å²) < 4.78 is 5.87. The van der Waals surface area contributed by atoms with E-state index < -0.39 is 6.04 Å². The summed E-state index contributed by atoms with van der Waals surface area (Å²) in [5, 5.41) is 3.83. The first kappa shape index (κ1) is 29.5. The molecule has 0 heterocycles. The number of carbonyl (C=O) groups is 2. The largest absolute Gasteiger partial charge is 0.484 e. The molecule has 3 aromatic rings. The van der Waals surface area contributed by atoms with Gasteiger partial charge in [-0.2, -0.15) is 0 Å². The quantitative estimate of drug-likeness (QED) is 0.264. The third kappa shape index (κ3) is 8.78. The number of nitrogens with one attached hydrogen (secondary N) is 1. The van der Waals surface area contributed by atoms with Crippen molar-refractivity contribution in [1.29, 1.82) is 0 Å². The predicted octanol–water partition coefficient (Wildman–Crippen LogP) is 6.91. The van der Waals surface area contributed by atoms with E-state index in [-0.39, 0.29) is 30.9 Å². The zero-order chi connectivity index (χ0) is 27.7. The van der Waals surface area contributed by atoms with Crippen molar-refractivity contribution in [1.82, 2.24) is 10.2 Å². The lowest BCUT2D eigenvalue weighted by Crippen LogP contribution is -2.52. The molecule has 0 fully saturated rings. The van der Waals surface area contributed by atoms with Gasteiger partial charge in [-0.1, -0.05) is 99.4 Å². The number of amides is 2. The van der Waals surface area contributed by atoms with E-state index in [1.807, 2.05) is 74.5 Å². The molecule has 0 aliphatic heterocycles. The summed E-state index contributed by atoms with van der Waals surface area (Å²) in [5.74, 6) is 0.756. The number of benzene rings is 3. The second kappa shape index (κ2) is 14.2. The number of carbonyl (C=O) groups excluding carboxylic acids is 2. The molecule has 1 unspecified atom stereocenters. The lowest BCUT2D eigenvalue weighted by Gasteiger charge is -2.31. The average molecular weight is 556 g/mol. The van der Waals surface area contributed by atoms with E-state index in [2.05, 4.69) is 19.2 Å². The topological polar surface area (TPSA) is 58.6 Å². The van der Waals surface area contributed by atoms with Crippen LogP contribution in [0.5, 0.6) is 5.75 Å². The third-order valence-electron chi connectivity index (χ3n) is 6.20. The molecule has 7 heteroatoms. The maximum atomic E-state index is 13.7. The summed E-state index contributed by atoms with van der Waals surface area (Å²) >= 11 is 12.4. The van der Waals surface area contributed by atoms with Gasteiger partial charge in [0.2, 0.25) is 5.91 Å². The highest BCUT2D eigenvalue weighted by atomic mass is 35.5. The fourth-order valence-electron chi connectivity index (χ4n) is 3.99. The van der Waals surface area contributed by atoms with E-state index in [4.69, 9.17) is 27.9 Å². The van der Waals surface area contributed by atoms with Gasteiger partial charge >= 0.3 is 0 Å². The molecule has 38 heavy (non-hydrogen) atoms. The highest BCUT2D eigenvalue weighted by molar-refractivity contribution is 6.42. The van der Waals surface area contributed by atoms with Gasteiger partial charge in [0.25, 0.3) is 5.91 Å². The van der Waals surface area contributed by atoms with Gasteiger partial charge in [-0.05, 0) is 52.8 Å². The summed E-state index contributed by atoms with van der Waals surface area (Å²) in [7, 11) is 0. The van der Waals surface area contributed by atoms with Crippen molar-refractivity contribution in [2.24, 2.45) is 5.92 Å². The van der Waals surface area contributed by atoms with Gasteiger partial charge < -0.3 is 15.0 Å². The molecule has 1 N–H and O–H groups in total. The van der Waals surface area contributed by atoms with Gasteiger partial charge in [0.15, 0.2) is 6.61 Å². The lowest BCUT2D eigenvalue weighted by molar-refractivity contribution is -0.142. The molecular formula is C31H36Cl2N2O3. The molecule has 0 saturated carbocycles. The maximum absolute atomic E-state index is 13.7. The Morgan fingerprint density at radius 3 is 2.16 bits per heavy atom. The van der Waals surface area contributed by atoms with Crippen molar-refractivity contribution in [2.75, 3.05) is 13.2 Å². The number of hydrogen-bond donors (Lipinski definition) is 1. The molecule has 0 aliphatic rings. The maximum Gasteiger partial charge on any atom is 0.261 e. The number of hydrogen-bond acceptors (Lipinski definition) is 3. The number of rotatable bonds is 12. The highest BCUT2D eigenvalue weighted by Crippen LogP contribution is 2.25. The fourth-order valence-corrected chi connectivity index (χ4v) is 4.31. The van der Waals surface area contributed by atoms with Crippen LogP contribution in [0.3, 0.4) is 0 Å². The Bertz CT molecular complexity index is 1200. The van der Waals surface area contributed by atoms with E-state index in [1.54, 1.807) is 17.0 Å². The van der Waals surface area contributed by atoms with Crippen molar-refractivity contribution >= 4 is 35.0 Å². The predicted molar refractivity (Wildman–Crippen MR) is 155 cm³/mol. The Labute approximate surface area is 236 Å². The standard InChI is InChI=1S/C31H36Cl2N2O3/c1-21(2)18-34-31(37)29(17-23-8-6-5-7-9-23)35(19-24-10-15-27(32)28(33)16-24)30(36)20-38-26-13-11-25(12-14-26)22(3)4/h5-16,21-22,29H,17-20H2,1-4H3,(H,34,37). The van der Waals surface area contributed by atoms with Crippen LogP contribution in [-0.4, -0.2) is 35.9 Å². The van der Waals surface area contributed by atoms with Crippen LogP contribution in [0.4, 0.5) is 0 Å². The molecule has 5 nitrogen and oxygen atoms in total. The Hall–Kier alpha value is -3.02. The lowest BCUT2D eigenvalue weighted by atomic mass is 10.0.